The average molecular weight is 353 g/mol. The molecule has 1 amide bonds. The standard InChI is InChI=1S/C18H15N3O3S/c1-10-17(22)19-14-9-12(5-8-15(14)25-10)18-20-16(21-24-18)11-3-6-13(23-2)7-4-11/h3-10H,1-2H3,(H,19,22)/t10-/m1/s1. The molecule has 1 aliphatic heterocycles. The fourth-order valence-electron chi connectivity index (χ4n) is 2.54. The van der Waals surface area contributed by atoms with Crippen LogP contribution in [-0.4, -0.2) is 28.4 Å². The Morgan fingerprint density at radius 1 is 1.16 bits per heavy atom. The van der Waals surface area contributed by atoms with Crippen LogP contribution in [0.2, 0.25) is 0 Å². The Bertz CT molecular complexity index is 937. The van der Waals surface area contributed by atoms with Crippen LogP contribution < -0.4 is 10.1 Å². The third kappa shape index (κ3) is 2.98. The van der Waals surface area contributed by atoms with Gasteiger partial charge < -0.3 is 14.6 Å². The SMILES string of the molecule is COc1ccc(-c2noc(-c3ccc4c(c3)NC(=O)[C@@H](C)S4)n2)cc1. The number of nitrogens with one attached hydrogen (secondary N) is 1. The Morgan fingerprint density at radius 3 is 2.68 bits per heavy atom. The highest BCUT2D eigenvalue weighted by Crippen LogP contribution is 2.37. The summed E-state index contributed by atoms with van der Waals surface area (Å²) in [6.07, 6.45) is 0. The minimum Gasteiger partial charge on any atom is -0.497 e. The van der Waals surface area contributed by atoms with E-state index in [1.54, 1.807) is 7.11 Å². The van der Waals surface area contributed by atoms with E-state index < -0.39 is 0 Å². The first-order valence-electron chi connectivity index (χ1n) is 7.74. The minimum atomic E-state index is -0.0940. The molecule has 1 atom stereocenters. The van der Waals surface area contributed by atoms with Crippen LogP contribution in [0.5, 0.6) is 5.75 Å². The van der Waals surface area contributed by atoms with Crippen molar-refractivity contribution in [1.29, 1.82) is 0 Å². The van der Waals surface area contributed by atoms with Gasteiger partial charge in [0.25, 0.3) is 5.89 Å². The van der Waals surface area contributed by atoms with Gasteiger partial charge in [-0.25, -0.2) is 0 Å². The minimum absolute atomic E-state index is 0.000832. The molecule has 7 heteroatoms. The van der Waals surface area contributed by atoms with Crippen molar-refractivity contribution >= 4 is 23.4 Å². The Kier molecular flexibility index (Phi) is 3.93. The molecule has 0 saturated heterocycles. The zero-order chi connectivity index (χ0) is 17.4. The first kappa shape index (κ1) is 15.7. The maximum absolute atomic E-state index is 11.9. The van der Waals surface area contributed by atoms with Gasteiger partial charge in [0.2, 0.25) is 11.7 Å². The fraction of sp³-hybridized carbons (Fsp3) is 0.167. The van der Waals surface area contributed by atoms with E-state index in [9.17, 15) is 4.79 Å². The second-order valence-electron chi connectivity index (χ2n) is 5.61. The van der Waals surface area contributed by atoms with E-state index in [4.69, 9.17) is 9.26 Å². The summed E-state index contributed by atoms with van der Waals surface area (Å²) in [4.78, 5) is 17.3. The third-order valence-electron chi connectivity index (χ3n) is 3.93. The Hall–Kier alpha value is -2.80. The van der Waals surface area contributed by atoms with E-state index in [0.717, 1.165) is 27.5 Å². The molecule has 0 saturated carbocycles. The number of hydrogen-bond acceptors (Lipinski definition) is 6. The predicted molar refractivity (Wildman–Crippen MR) is 95.7 cm³/mol. The normalized spacial score (nSPS) is 16.2. The quantitative estimate of drug-likeness (QED) is 0.771. The molecule has 6 nitrogen and oxygen atoms in total. The van der Waals surface area contributed by atoms with Crippen LogP contribution in [0.4, 0.5) is 5.69 Å². The number of carbonyl (C=O) groups is 1. The molecule has 1 aromatic heterocycles. The first-order chi connectivity index (χ1) is 12.1. The number of anilines is 1. The van der Waals surface area contributed by atoms with Gasteiger partial charge in [-0.05, 0) is 49.4 Å². The van der Waals surface area contributed by atoms with Gasteiger partial charge in [0.15, 0.2) is 0 Å². The summed E-state index contributed by atoms with van der Waals surface area (Å²) in [6.45, 7) is 1.88. The van der Waals surface area contributed by atoms with Crippen LogP contribution in [0.1, 0.15) is 6.92 Å². The smallest absolute Gasteiger partial charge is 0.258 e. The van der Waals surface area contributed by atoms with Gasteiger partial charge in [-0.2, -0.15) is 4.98 Å². The van der Waals surface area contributed by atoms with E-state index >= 15 is 0 Å². The van der Waals surface area contributed by atoms with E-state index in [-0.39, 0.29) is 11.2 Å². The van der Waals surface area contributed by atoms with Crippen molar-refractivity contribution in [3.05, 3.63) is 42.5 Å². The Balaban J connectivity index is 1.64. The lowest BCUT2D eigenvalue weighted by atomic mass is 10.2. The maximum Gasteiger partial charge on any atom is 0.258 e. The highest BCUT2D eigenvalue weighted by atomic mass is 32.2. The molecule has 0 radical (unpaired) electrons. The lowest BCUT2D eigenvalue weighted by molar-refractivity contribution is -0.115. The van der Waals surface area contributed by atoms with E-state index in [0.29, 0.717) is 11.7 Å². The molecule has 2 heterocycles. The molecule has 1 N–H and O–H groups in total. The molecule has 0 spiro atoms. The molecule has 0 unspecified atom stereocenters. The number of ether oxygens (including phenoxy) is 1. The van der Waals surface area contributed by atoms with Crippen molar-refractivity contribution in [3.8, 4) is 28.6 Å². The van der Waals surface area contributed by atoms with Crippen molar-refractivity contribution in [3.63, 3.8) is 0 Å². The summed E-state index contributed by atoms with van der Waals surface area (Å²) in [6, 6.07) is 13.2. The van der Waals surface area contributed by atoms with Crippen molar-refractivity contribution in [2.24, 2.45) is 0 Å². The summed E-state index contributed by atoms with van der Waals surface area (Å²) >= 11 is 1.54. The molecule has 25 heavy (non-hydrogen) atoms. The molecule has 3 aromatic rings. The van der Waals surface area contributed by atoms with Crippen molar-refractivity contribution in [1.82, 2.24) is 10.1 Å². The number of benzene rings is 2. The number of thioether (sulfide) groups is 1. The summed E-state index contributed by atoms with van der Waals surface area (Å²) in [7, 11) is 1.62. The van der Waals surface area contributed by atoms with Gasteiger partial charge in [0, 0.05) is 16.0 Å². The average Bonchev–Trinajstić information content (AvgIpc) is 3.12. The molecular weight excluding hydrogens is 338 g/mol. The van der Waals surface area contributed by atoms with Gasteiger partial charge in [0.05, 0.1) is 18.0 Å². The highest BCUT2D eigenvalue weighted by Gasteiger charge is 2.23. The molecular formula is C18H15N3O3S. The number of carbonyl (C=O) groups excluding carboxylic acids is 1. The van der Waals surface area contributed by atoms with E-state index in [2.05, 4.69) is 15.5 Å². The predicted octanol–water partition coefficient (Wildman–Crippen LogP) is 3.84. The molecule has 126 valence electrons. The second-order valence-corrected chi connectivity index (χ2v) is 6.99. The van der Waals surface area contributed by atoms with E-state index in [1.807, 2.05) is 49.4 Å². The molecule has 0 fully saturated rings. The number of fused-ring (bicyclic) bond motifs is 1. The number of rotatable bonds is 3. The lowest BCUT2D eigenvalue weighted by Gasteiger charge is -2.21. The molecule has 0 bridgehead atoms. The molecule has 0 aliphatic carbocycles. The zero-order valence-corrected chi connectivity index (χ0v) is 14.5. The van der Waals surface area contributed by atoms with Crippen LogP contribution in [0.25, 0.3) is 22.8 Å². The van der Waals surface area contributed by atoms with Gasteiger partial charge in [0.1, 0.15) is 5.75 Å². The number of aromatic nitrogens is 2. The number of amides is 1. The second kappa shape index (κ2) is 6.25. The summed E-state index contributed by atoms with van der Waals surface area (Å²) in [5.41, 5.74) is 2.38. The van der Waals surface area contributed by atoms with Crippen LogP contribution >= 0.6 is 11.8 Å². The molecule has 2 aromatic carbocycles. The number of hydrogen-bond donors (Lipinski definition) is 1. The highest BCUT2D eigenvalue weighted by molar-refractivity contribution is 8.00. The van der Waals surface area contributed by atoms with Gasteiger partial charge in [-0.15, -0.1) is 11.8 Å². The Labute approximate surface area is 148 Å². The zero-order valence-electron chi connectivity index (χ0n) is 13.6. The topological polar surface area (TPSA) is 77.3 Å². The van der Waals surface area contributed by atoms with Crippen molar-refractivity contribution in [2.75, 3.05) is 12.4 Å². The Morgan fingerprint density at radius 2 is 1.92 bits per heavy atom. The number of methoxy groups -OCH3 is 1. The summed E-state index contributed by atoms with van der Waals surface area (Å²) < 4.78 is 10.5. The van der Waals surface area contributed by atoms with Crippen LogP contribution in [0.3, 0.4) is 0 Å². The lowest BCUT2D eigenvalue weighted by Crippen LogP contribution is -2.26. The van der Waals surface area contributed by atoms with Crippen molar-refractivity contribution < 1.29 is 14.1 Å². The first-order valence-corrected chi connectivity index (χ1v) is 8.62. The molecule has 1 aliphatic rings. The molecule has 4 rings (SSSR count). The fourth-order valence-corrected chi connectivity index (χ4v) is 3.47. The van der Waals surface area contributed by atoms with Crippen LogP contribution in [0, 0.1) is 0 Å². The monoisotopic (exact) mass is 353 g/mol. The number of nitrogens with zero attached hydrogens (tertiary/aromatic N) is 2. The summed E-state index contributed by atoms with van der Waals surface area (Å²) in [5, 5.41) is 6.85. The van der Waals surface area contributed by atoms with Gasteiger partial charge in [-0.1, -0.05) is 5.16 Å². The maximum atomic E-state index is 11.9. The largest absolute Gasteiger partial charge is 0.497 e. The van der Waals surface area contributed by atoms with E-state index in [1.165, 1.54) is 11.8 Å². The summed E-state index contributed by atoms with van der Waals surface area (Å²) in [5.74, 6) is 1.68. The third-order valence-corrected chi connectivity index (χ3v) is 5.11. The van der Waals surface area contributed by atoms with Crippen molar-refractivity contribution in [2.45, 2.75) is 17.1 Å². The van der Waals surface area contributed by atoms with Gasteiger partial charge >= 0.3 is 0 Å². The van der Waals surface area contributed by atoms with Crippen LogP contribution in [-0.2, 0) is 4.79 Å². The van der Waals surface area contributed by atoms with Crippen LogP contribution in [0.15, 0.2) is 51.9 Å². The van der Waals surface area contributed by atoms with Gasteiger partial charge in [-0.3, -0.25) is 4.79 Å².